The summed E-state index contributed by atoms with van der Waals surface area (Å²) in [6.07, 6.45) is 0.483. The van der Waals surface area contributed by atoms with Crippen molar-refractivity contribution in [2.24, 2.45) is 0 Å². The molecule has 17 heavy (non-hydrogen) atoms. The lowest BCUT2D eigenvalue weighted by molar-refractivity contribution is 0.197. The minimum Gasteiger partial charge on any atom is -0.464 e. The molecule has 1 N–H and O–H groups in total. The Hall–Kier alpha value is -2.28. The van der Waals surface area contributed by atoms with Crippen LogP contribution in [0.25, 0.3) is 10.9 Å². The van der Waals surface area contributed by atoms with Crippen molar-refractivity contribution in [3.05, 3.63) is 36.0 Å². The number of benzene rings is 1. The largest absolute Gasteiger partial charge is 0.464 e. The highest BCUT2D eigenvalue weighted by molar-refractivity contribution is 5.92. The number of nitriles is 1. The summed E-state index contributed by atoms with van der Waals surface area (Å²) >= 11 is 0. The lowest BCUT2D eigenvalue weighted by Gasteiger charge is -2.13. The molecule has 0 fully saturated rings. The van der Waals surface area contributed by atoms with E-state index >= 15 is 0 Å². The van der Waals surface area contributed by atoms with Crippen LogP contribution in [0.3, 0.4) is 0 Å². The minimum absolute atomic E-state index is 0.610. The van der Waals surface area contributed by atoms with E-state index in [1.54, 1.807) is 26.0 Å². The molecule has 0 atom stereocenters. The molecule has 0 unspecified atom stereocenters. The molecule has 0 spiro atoms. The highest BCUT2D eigenvalue weighted by atomic mass is 16.4. The van der Waals surface area contributed by atoms with Gasteiger partial charge in [0.05, 0.1) is 17.0 Å². The number of para-hydroxylation sites is 1. The topological polar surface area (TPSA) is 66.0 Å². The van der Waals surface area contributed by atoms with E-state index in [1.807, 2.05) is 12.1 Å². The standard InChI is InChI=1S/C13H12N2O2/c1-13(2,8-14)10-7-15(12(16)17)11-6-4-3-5-9(10)11/h3-7H,1-2H3,(H,16,17). The molecular weight excluding hydrogens is 216 g/mol. The minimum atomic E-state index is -1.04. The quantitative estimate of drug-likeness (QED) is 0.815. The Balaban J connectivity index is 2.83. The number of rotatable bonds is 1. The second-order valence-corrected chi connectivity index (χ2v) is 4.45. The van der Waals surface area contributed by atoms with Crippen LogP contribution in [0.15, 0.2) is 30.5 Å². The molecule has 1 heterocycles. The Labute approximate surface area is 98.7 Å². The van der Waals surface area contributed by atoms with E-state index in [1.165, 1.54) is 6.20 Å². The van der Waals surface area contributed by atoms with Crippen molar-refractivity contribution in [1.82, 2.24) is 4.57 Å². The second-order valence-electron chi connectivity index (χ2n) is 4.45. The van der Waals surface area contributed by atoms with Crippen molar-refractivity contribution in [1.29, 1.82) is 5.26 Å². The van der Waals surface area contributed by atoms with Crippen LogP contribution >= 0.6 is 0 Å². The van der Waals surface area contributed by atoms with Crippen molar-refractivity contribution in [3.63, 3.8) is 0 Å². The lowest BCUT2D eigenvalue weighted by Crippen LogP contribution is -2.13. The third-order valence-electron chi connectivity index (χ3n) is 2.87. The lowest BCUT2D eigenvalue weighted by atomic mass is 9.86. The van der Waals surface area contributed by atoms with Gasteiger partial charge in [-0.05, 0) is 25.5 Å². The molecule has 2 aromatic rings. The predicted molar refractivity (Wildman–Crippen MR) is 64.0 cm³/mol. The summed E-state index contributed by atoms with van der Waals surface area (Å²) < 4.78 is 1.16. The first-order chi connectivity index (χ1) is 7.97. The molecule has 1 aromatic heterocycles. The third-order valence-corrected chi connectivity index (χ3v) is 2.87. The van der Waals surface area contributed by atoms with Crippen LogP contribution < -0.4 is 0 Å². The summed E-state index contributed by atoms with van der Waals surface area (Å²) in [5, 5.41) is 19.1. The molecule has 0 aliphatic carbocycles. The highest BCUT2D eigenvalue weighted by Gasteiger charge is 2.25. The van der Waals surface area contributed by atoms with Gasteiger partial charge in [-0.3, -0.25) is 4.57 Å². The van der Waals surface area contributed by atoms with Crippen molar-refractivity contribution in [2.45, 2.75) is 19.3 Å². The van der Waals surface area contributed by atoms with Crippen molar-refractivity contribution < 1.29 is 9.90 Å². The van der Waals surface area contributed by atoms with E-state index in [2.05, 4.69) is 6.07 Å². The van der Waals surface area contributed by atoms with Crippen LogP contribution in [0.5, 0.6) is 0 Å². The Morgan fingerprint density at radius 3 is 2.65 bits per heavy atom. The fourth-order valence-corrected chi connectivity index (χ4v) is 1.90. The third kappa shape index (κ3) is 1.66. The summed E-state index contributed by atoms with van der Waals surface area (Å²) in [5.74, 6) is 0. The van der Waals surface area contributed by atoms with Gasteiger partial charge >= 0.3 is 6.09 Å². The zero-order valence-electron chi connectivity index (χ0n) is 9.64. The molecule has 1 aromatic carbocycles. The Bertz CT molecular complexity index is 632. The molecule has 0 bridgehead atoms. The predicted octanol–water partition coefficient (Wildman–Crippen LogP) is 2.97. The van der Waals surface area contributed by atoms with Gasteiger partial charge in [-0.25, -0.2) is 4.79 Å². The molecule has 0 radical (unpaired) electrons. The van der Waals surface area contributed by atoms with E-state index < -0.39 is 11.5 Å². The van der Waals surface area contributed by atoms with Crippen LogP contribution in [0.2, 0.25) is 0 Å². The number of fused-ring (bicyclic) bond motifs is 1. The van der Waals surface area contributed by atoms with Gasteiger partial charge < -0.3 is 5.11 Å². The summed E-state index contributed by atoms with van der Waals surface area (Å²) in [5.41, 5.74) is 0.636. The van der Waals surface area contributed by atoms with Gasteiger partial charge in [0.1, 0.15) is 0 Å². The molecule has 4 heteroatoms. The first kappa shape index (κ1) is 11.2. The second kappa shape index (κ2) is 3.63. The molecule has 2 rings (SSSR count). The number of carbonyl (C=O) groups is 1. The number of hydrogen-bond donors (Lipinski definition) is 1. The SMILES string of the molecule is CC(C)(C#N)c1cn(C(=O)O)c2ccccc12. The smallest absolute Gasteiger partial charge is 0.416 e. The fraction of sp³-hybridized carbons (Fsp3) is 0.231. The van der Waals surface area contributed by atoms with Crippen LogP contribution in [0.1, 0.15) is 19.4 Å². The van der Waals surface area contributed by atoms with Gasteiger partial charge in [-0.2, -0.15) is 5.26 Å². The Kier molecular flexibility index (Phi) is 2.40. The monoisotopic (exact) mass is 228 g/mol. The molecule has 0 aliphatic heterocycles. The molecule has 0 amide bonds. The maximum atomic E-state index is 11.1. The molecular formula is C13H12N2O2. The maximum absolute atomic E-state index is 11.1. The fourth-order valence-electron chi connectivity index (χ4n) is 1.90. The summed E-state index contributed by atoms with van der Waals surface area (Å²) in [4.78, 5) is 11.1. The van der Waals surface area contributed by atoms with Gasteiger partial charge in [-0.1, -0.05) is 18.2 Å². The van der Waals surface area contributed by atoms with Crippen molar-refractivity contribution >= 4 is 17.0 Å². The zero-order valence-corrected chi connectivity index (χ0v) is 9.64. The van der Waals surface area contributed by atoms with Crippen LogP contribution in [0, 0.1) is 11.3 Å². The van der Waals surface area contributed by atoms with Crippen LogP contribution in [0.4, 0.5) is 4.79 Å². The van der Waals surface area contributed by atoms with Crippen molar-refractivity contribution in [3.8, 4) is 6.07 Å². The summed E-state index contributed by atoms with van der Waals surface area (Å²) in [7, 11) is 0. The first-order valence-electron chi connectivity index (χ1n) is 5.22. The normalized spacial score (nSPS) is 11.4. The van der Waals surface area contributed by atoms with Gasteiger partial charge in [-0.15, -0.1) is 0 Å². The summed E-state index contributed by atoms with van der Waals surface area (Å²) in [6.45, 7) is 3.56. The van der Waals surface area contributed by atoms with Crippen LogP contribution in [-0.4, -0.2) is 15.8 Å². The van der Waals surface area contributed by atoms with Gasteiger partial charge in [0.25, 0.3) is 0 Å². The summed E-state index contributed by atoms with van der Waals surface area (Å²) in [6, 6.07) is 9.39. The Morgan fingerprint density at radius 1 is 1.41 bits per heavy atom. The van der Waals surface area contributed by atoms with E-state index in [0.717, 1.165) is 15.5 Å². The van der Waals surface area contributed by atoms with E-state index in [4.69, 9.17) is 10.4 Å². The van der Waals surface area contributed by atoms with E-state index in [9.17, 15) is 4.79 Å². The first-order valence-corrected chi connectivity index (χ1v) is 5.22. The van der Waals surface area contributed by atoms with Crippen LogP contribution in [-0.2, 0) is 5.41 Å². The van der Waals surface area contributed by atoms with E-state index in [-0.39, 0.29) is 0 Å². The average Bonchev–Trinajstić information content (AvgIpc) is 2.69. The van der Waals surface area contributed by atoms with Crippen molar-refractivity contribution in [2.75, 3.05) is 0 Å². The Morgan fingerprint density at radius 2 is 2.06 bits per heavy atom. The number of nitrogens with zero attached hydrogens (tertiary/aromatic N) is 2. The number of carboxylic acid groups (broad SMARTS) is 1. The zero-order chi connectivity index (χ0) is 12.6. The van der Waals surface area contributed by atoms with Gasteiger partial charge in [0.15, 0.2) is 0 Å². The molecule has 4 nitrogen and oxygen atoms in total. The molecule has 0 saturated heterocycles. The number of hydrogen-bond acceptors (Lipinski definition) is 2. The molecule has 86 valence electrons. The number of aromatic nitrogens is 1. The molecule has 0 saturated carbocycles. The van der Waals surface area contributed by atoms with Gasteiger partial charge in [0, 0.05) is 11.6 Å². The van der Waals surface area contributed by atoms with E-state index in [0.29, 0.717) is 5.52 Å². The molecule has 0 aliphatic rings. The average molecular weight is 228 g/mol. The maximum Gasteiger partial charge on any atom is 0.416 e. The van der Waals surface area contributed by atoms with Gasteiger partial charge in [0.2, 0.25) is 0 Å². The highest BCUT2D eigenvalue weighted by Crippen LogP contribution is 2.31.